The van der Waals surface area contributed by atoms with Crippen LogP contribution < -0.4 is 10.9 Å². The number of amides is 2. The molecule has 0 aliphatic heterocycles. The van der Waals surface area contributed by atoms with Crippen LogP contribution in [0.4, 0.5) is 0 Å². The van der Waals surface area contributed by atoms with Crippen LogP contribution in [0.2, 0.25) is 0 Å². The van der Waals surface area contributed by atoms with Crippen molar-refractivity contribution in [2.75, 3.05) is 0 Å². The molecule has 6 nitrogen and oxygen atoms in total. The zero-order valence-corrected chi connectivity index (χ0v) is 18.7. The molecule has 0 atom stereocenters. The fourth-order valence-electron chi connectivity index (χ4n) is 2.39. The second kappa shape index (κ2) is 10.6. The molecule has 0 aliphatic rings. The summed E-state index contributed by atoms with van der Waals surface area (Å²) in [6, 6.07) is 21.4. The van der Waals surface area contributed by atoms with Gasteiger partial charge in [0.15, 0.2) is 0 Å². The lowest BCUT2D eigenvalue weighted by Crippen LogP contribution is -2.17. The van der Waals surface area contributed by atoms with E-state index in [9.17, 15) is 9.59 Å². The molecule has 0 fully saturated rings. The molecule has 0 heterocycles. The predicted molar refractivity (Wildman–Crippen MR) is 125 cm³/mol. The van der Waals surface area contributed by atoms with Gasteiger partial charge in [-0.3, -0.25) is 9.59 Å². The van der Waals surface area contributed by atoms with E-state index in [1.165, 1.54) is 0 Å². The Morgan fingerprint density at radius 3 is 1.43 bits per heavy atom. The van der Waals surface area contributed by atoms with Crippen LogP contribution in [0.25, 0.3) is 0 Å². The molecule has 2 amide bonds. The maximum atomic E-state index is 12.0. The summed E-state index contributed by atoms with van der Waals surface area (Å²) in [5.41, 5.74) is 7.61. The second-order valence-corrected chi connectivity index (χ2v) is 7.92. The van der Waals surface area contributed by atoms with Crippen LogP contribution in [0.15, 0.2) is 91.9 Å². The third kappa shape index (κ3) is 6.47. The molecular formula is C22H16Br2N4O2. The number of nitrogens with zero attached hydrogens (tertiary/aromatic N) is 2. The van der Waals surface area contributed by atoms with Crippen LogP contribution >= 0.6 is 31.9 Å². The highest BCUT2D eigenvalue weighted by Gasteiger charge is 2.04. The van der Waals surface area contributed by atoms with E-state index in [1.807, 2.05) is 36.4 Å². The van der Waals surface area contributed by atoms with Crippen molar-refractivity contribution in [1.82, 2.24) is 10.9 Å². The number of hydrogen-bond donors (Lipinski definition) is 2. The van der Waals surface area contributed by atoms with Gasteiger partial charge in [0.1, 0.15) is 0 Å². The van der Waals surface area contributed by atoms with Crippen molar-refractivity contribution >= 4 is 56.1 Å². The van der Waals surface area contributed by atoms with Crippen molar-refractivity contribution < 1.29 is 9.59 Å². The number of nitrogens with one attached hydrogen (secondary N) is 2. The van der Waals surface area contributed by atoms with Crippen molar-refractivity contribution in [3.05, 3.63) is 104 Å². The van der Waals surface area contributed by atoms with Crippen molar-refractivity contribution in [2.24, 2.45) is 10.2 Å². The molecule has 0 unspecified atom stereocenters. The Bertz CT molecular complexity index is 1020. The van der Waals surface area contributed by atoms with Gasteiger partial charge in [-0.2, -0.15) is 10.2 Å². The Morgan fingerprint density at radius 2 is 1.07 bits per heavy atom. The van der Waals surface area contributed by atoms with Crippen LogP contribution in [0, 0.1) is 0 Å². The smallest absolute Gasteiger partial charge is 0.267 e. The van der Waals surface area contributed by atoms with E-state index < -0.39 is 0 Å². The van der Waals surface area contributed by atoms with Crippen molar-refractivity contribution in [3.63, 3.8) is 0 Å². The fourth-order valence-corrected chi connectivity index (χ4v) is 3.19. The maximum Gasteiger partial charge on any atom is 0.271 e. The fraction of sp³-hybridized carbons (Fsp3) is 0. The Balaban J connectivity index is 1.52. The molecule has 2 N–H and O–H groups in total. The van der Waals surface area contributed by atoms with Gasteiger partial charge in [0, 0.05) is 20.1 Å². The molecule has 8 heteroatoms. The number of hydrogen-bond acceptors (Lipinski definition) is 4. The average Bonchev–Trinajstić information content (AvgIpc) is 2.74. The standard InChI is InChI=1S/C22H16Br2N4O2/c23-19-5-1-3-17(11-19)21(29)27-25-13-15-7-9-16(10-8-15)14-26-28-22(30)18-4-2-6-20(24)12-18/h1-14H,(H,27,29)(H,28,30)/b25-13+,26-14+. The van der Waals surface area contributed by atoms with Gasteiger partial charge in [-0.15, -0.1) is 0 Å². The molecule has 3 rings (SSSR count). The molecule has 0 spiro atoms. The molecule has 30 heavy (non-hydrogen) atoms. The van der Waals surface area contributed by atoms with E-state index in [-0.39, 0.29) is 11.8 Å². The lowest BCUT2D eigenvalue weighted by molar-refractivity contribution is 0.0947. The molecule has 0 bridgehead atoms. The summed E-state index contributed by atoms with van der Waals surface area (Å²) in [6.45, 7) is 0. The van der Waals surface area contributed by atoms with Crippen LogP contribution in [-0.2, 0) is 0 Å². The van der Waals surface area contributed by atoms with Gasteiger partial charge < -0.3 is 0 Å². The summed E-state index contributed by atoms with van der Waals surface area (Å²) >= 11 is 6.66. The summed E-state index contributed by atoms with van der Waals surface area (Å²) in [5, 5.41) is 7.94. The molecule has 0 aliphatic carbocycles. The molecule has 3 aromatic carbocycles. The van der Waals surface area contributed by atoms with Crippen LogP contribution in [0.5, 0.6) is 0 Å². The second-order valence-electron chi connectivity index (χ2n) is 6.09. The molecule has 3 aromatic rings. The molecule has 0 aromatic heterocycles. The Labute approximate surface area is 190 Å². The number of benzene rings is 3. The summed E-state index contributed by atoms with van der Waals surface area (Å²) in [5.74, 6) is -0.588. The van der Waals surface area contributed by atoms with E-state index in [1.54, 1.807) is 48.8 Å². The normalized spacial score (nSPS) is 11.0. The third-order valence-electron chi connectivity index (χ3n) is 3.87. The lowest BCUT2D eigenvalue weighted by Gasteiger charge is -2.01. The van der Waals surface area contributed by atoms with Gasteiger partial charge in [-0.05, 0) is 47.5 Å². The van der Waals surface area contributed by atoms with Crippen LogP contribution in [-0.4, -0.2) is 24.2 Å². The summed E-state index contributed by atoms with van der Waals surface area (Å²) in [7, 11) is 0. The quantitative estimate of drug-likeness (QED) is 0.358. The monoisotopic (exact) mass is 526 g/mol. The van der Waals surface area contributed by atoms with E-state index in [0.29, 0.717) is 11.1 Å². The van der Waals surface area contributed by atoms with Crippen molar-refractivity contribution in [3.8, 4) is 0 Å². The number of carbonyl (C=O) groups excluding carboxylic acids is 2. The maximum absolute atomic E-state index is 12.0. The van der Waals surface area contributed by atoms with E-state index in [0.717, 1.165) is 20.1 Å². The van der Waals surface area contributed by atoms with Gasteiger partial charge in [-0.25, -0.2) is 10.9 Å². The zero-order valence-electron chi connectivity index (χ0n) is 15.5. The van der Waals surface area contributed by atoms with Crippen LogP contribution in [0.1, 0.15) is 31.8 Å². The number of hydrazone groups is 2. The van der Waals surface area contributed by atoms with Crippen molar-refractivity contribution in [1.29, 1.82) is 0 Å². The van der Waals surface area contributed by atoms with Gasteiger partial charge in [-0.1, -0.05) is 68.3 Å². The van der Waals surface area contributed by atoms with E-state index in [2.05, 4.69) is 52.9 Å². The van der Waals surface area contributed by atoms with E-state index >= 15 is 0 Å². The van der Waals surface area contributed by atoms with Gasteiger partial charge in [0.05, 0.1) is 12.4 Å². The molecule has 150 valence electrons. The highest BCUT2D eigenvalue weighted by molar-refractivity contribution is 9.10. The highest BCUT2D eigenvalue weighted by Crippen LogP contribution is 2.12. The third-order valence-corrected chi connectivity index (χ3v) is 4.86. The van der Waals surface area contributed by atoms with Crippen LogP contribution in [0.3, 0.4) is 0 Å². The minimum Gasteiger partial charge on any atom is -0.267 e. The minimum absolute atomic E-state index is 0.294. The molecule has 0 radical (unpaired) electrons. The van der Waals surface area contributed by atoms with Gasteiger partial charge in [0.25, 0.3) is 11.8 Å². The SMILES string of the molecule is O=C(N/N=C/c1ccc(/C=N/NC(=O)c2cccc(Br)c2)cc1)c1cccc(Br)c1. The molecular weight excluding hydrogens is 512 g/mol. The Morgan fingerprint density at radius 1 is 0.667 bits per heavy atom. The van der Waals surface area contributed by atoms with Gasteiger partial charge in [0.2, 0.25) is 0 Å². The largest absolute Gasteiger partial charge is 0.271 e. The topological polar surface area (TPSA) is 82.9 Å². The first-order valence-electron chi connectivity index (χ1n) is 8.79. The van der Waals surface area contributed by atoms with Gasteiger partial charge >= 0.3 is 0 Å². The highest BCUT2D eigenvalue weighted by atomic mass is 79.9. The molecule has 0 saturated heterocycles. The number of halogens is 2. The first-order chi connectivity index (χ1) is 14.5. The first-order valence-corrected chi connectivity index (χ1v) is 10.4. The van der Waals surface area contributed by atoms with Crippen molar-refractivity contribution in [2.45, 2.75) is 0 Å². The summed E-state index contributed by atoms with van der Waals surface area (Å²) < 4.78 is 1.65. The minimum atomic E-state index is -0.294. The Kier molecular flexibility index (Phi) is 7.64. The molecule has 0 saturated carbocycles. The number of carbonyl (C=O) groups is 2. The first kappa shape index (κ1) is 21.6. The summed E-state index contributed by atoms with van der Waals surface area (Å²) in [6.07, 6.45) is 3.09. The Hall–Kier alpha value is -3.10. The predicted octanol–water partition coefficient (Wildman–Crippen LogP) is 4.74. The summed E-state index contributed by atoms with van der Waals surface area (Å²) in [4.78, 5) is 24.1. The lowest BCUT2D eigenvalue weighted by atomic mass is 10.2. The average molecular weight is 528 g/mol. The zero-order chi connectivity index (χ0) is 21.3. The van der Waals surface area contributed by atoms with E-state index in [4.69, 9.17) is 0 Å². The number of rotatable bonds is 6.